The Morgan fingerprint density at radius 3 is 2.67 bits per heavy atom. The fraction of sp³-hybridized carbons (Fsp3) is 0.333. The Bertz CT molecular complexity index is 592. The van der Waals surface area contributed by atoms with Crippen LogP contribution < -0.4 is 10.6 Å². The molecule has 0 aliphatic rings. The largest absolute Gasteiger partial charge is 0.374 e. The number of nitrogens with one attached hydrogen (secondary N) is 2. The van der Waals surface area contributed by atoms with Crippen molar-refractivity contribution in [3.63, 3.8) is 0 Å². The van der Waals surface area contributed by atoms with Crippen LogP contribution in [0.1, 0.15) is 18.3 Å². The van der Waals surface area contributed by atoms with E-state index in [9.17, 15) is 0 Å². The highest BCUT2D eigenvalue weighted by molar-refractivity contribution is 6.31. The number of benzene rings is 1. The Kier molecular flexibility index (Phi) is 5.78. The molecular formula is C15H19ClN4O. The molecule has 1 aromatic heterocycles. The van der Waals surface area contributed by atoms with Crippen LogP contribution >= 0.6 is 11.6 Å². The second-order valence-corrected chi connectivity index (χ2v) is 4.79. The maximum atomic E-state index is 6.14. The smallest absolute Gasteiger partial charge is 0.158 e. The minimum absolute atomic E-state index is 0.396. The van der Waals surface area contributed by atoms with Crippen molar-refractivity contribution in [1.82, 2.24) is 9.97 Å². The molecule has 2 rings (SSSR count). The molecule has 0 spiro atoms. The Morgan fingerprint density at radius 2 is 1.95 bits per heavy atom. The number of rotatable bonds is 7. The van der Waals surface area contributed by atoms with Crippen molar-refractivity contribution in [2.75, 3.05) is 24.3 Å². The summed E-state index contributed by atoms with van der Waals surface area (Å²) in [6, 6.07) is 9.58. The lowest BCUT2D eigenvalue weighted by molar-refractivity contribution is 0.128. The third-order valence-electron chi connectivity index (χ3n) is 2.88. The van der Waals surface area contributed by atoms with E-state index in [0.29, 0.717) is 25.6 Å². The molecule has 112 valence electrons. The number of aromatic nitrogens is 2. The van der Waals surface area contributed by atoms with Gasteiger partial charge in [0.15, 0.2) is 5.82 Å². The van der Waals surface area contributed by atoms with Crippen molar-refractivity contribution in [2.45, 2.75) is 20.1 Å². The SMILES string of the molecule is CCOCc1nc(NC)cc(NCc2ccccc2Cl)n1. The molecule has 21 heavy (non-hydrogen) atoms. The first-order chi connectivity index (χ1) is 10.2. The first-order valence-corrected chi connectivity index (χ1v) is 7.21. The monoisotopic (exact) mass is 306 g/mol. The van der Waals surface area contributed by atoms with E-state index in [2.05, 4.69) is 20.6 Å². The normalized spacial score (nSPS) is 10.4. The van der Waals surface area contributed by atoms with Gasteiger partial charge in [-0.2, -0.15) is 0 Å². The van der Waals surface area contributed by atoms with Crippen LogP contribution in [0.5, 0.6) is 0 Å². The number of hydrogen-bond acceptors (Lipinski definition) is 5. The van der Waals surface area contributed by atoms with Crippen molar-refractivity contribution >= 4 is 23.2 Å². The molecule has 0 amide bonds. The first-order valence-electron chi connectivity index (χ1n) is 6.83. The fourth-order valence-corrected chi connectivity index (χ4v) is 2.00. The molecule has 0 bridgehead atoms. The van der Waals surface area contributed by atoms with Crippen LogP contribution in [-0.2, 0) is 17.9 Å². The van der Waals surface area contributed by atoms with Gasteiger partial charge < -0.3 is 15.4 Å². The zero-order valence-corrected chi connectivity index (χ0v) is 12.9. The predicted octanol–water partition coefficient (Wildman–Crippen LogP) is 3.32. The topological polar surface area (TPSA) is 59.1 Å². The lowest BCUT2D eigenvalue weighted by Gasteiger charge is -2.10. The highest BCUT2D eigenvalue weighted by Gasteiger charge is 2.05. The van der Waals surface area contributed by atoms with Gasteiger partial charge in [-0.05, 0) is 18.6 Å². The van der Waals surface area contributed by atoms with Crippen molar-refractivity contribution in [3.8, 4) is 0 Å². The van der Waals surface area contributed by atoms with E-state index in [1.807, 2.05) is 44.3 Å². The van der Waals surface area contributed by atoms with E-state index in [0.717, 1.165) is 22.2 Å². The van der Waals surface area contributed by atoms with Gasteiger partial charge in [0.1, 0.15) is 18.2 Å². The van der Waals surface area contributed by atoms with Gasteiger partial charge in [-0.1, -0.05) is 29.8 Å². The average molecular weight is 307 g/mol. The standard InChI is InChI=1S/C15H19ClN4O/c1-3-21-10-15-19-13(17-2)8-14(20-15)18-9-11-6-4-5-7-12(11)16/h4-8H,3,9-10H2,1-2H3,(H2,17,18,19,20). The van der Waals surface area contributed by atoms with Crippen LogP contribution in [0.2, 0.25) is 5.02 Å². The van der Waals surface area contributed by atoms with E-state index in [4.69, 9.17) is 16.3 Å². The van der Waals surface area contributed by atoms with E-state index in [-0.39, 0.29) is 0 Å². The molecule has 6 heteroatoms. The average Bonchev–Trinajstić information content (AvgIpc) is 2.52. The van der Waals surface area contributed by atoms with E-state index in [1.165, 1.54) is 0 Å². The minimum atomic E-state index is 0.396. The maximum Gasteiger partial charge on any atom is 0.158 e. The minimum Gasteiger partial charge on any atom is -0.374 e. The number of anilines is 2. The molecule has 0 saturated carbocycles. The van der Waals surface area contributed by atoms with Crippen LogP contribution in [0.3, 0.4) is 0 Å². The van der Waals surface area contributed by atoms with Crippen LogP contribution in [0, 0.1) is 0 Å². The summed E-state index contributed by atoms with van der Waals surface area (Å²) >= 11 is 6.14. The molecule has 1 aromatic carbocycles. The van der Waals surface area contributed by atoms with Crippen LogP contribution in [0.25, 0.3) is 0 Å². The predicted molar refractivity (Wildman–Crippen MR) is 85.7 cm³/mol. The fourth-order valence-electron chi connectivity index (χ4n) is 1.80. The van der Waals surface area contributed by atoms with E-state index in [1.54, 1.807) is 0 Å². The van der Waals surface area contributed by atoms with Crippen molar-refractivity contribution in [3.05, 3.63) is 46.7 Å². The third kappa shape index (κ3) is 4.58. The Balaban J connectivity index is 2.09. The maximum absolute atomic E-state index is 6.14. The van der Waals surface area contributed by atoms with Gasteiger partial charge in [0.05, 0.1) is 0 Å². The second kappa shape index (κ2) is 7.81. The van der Waals surface area contributed by atoms with Crippen LogP contribution in [-0.4, -0.2) is 23.6 Å². The summed E-state index contributed by atoms with van der Waals surface area (Å²) in [5.41, 5.74) is 1.02. The summed E-state index contributed by atoms with van der Waals surface area (Å²) in [7, 11) is 1.82. The van der Waals surface area contributed by atoms with Gasteiger partial charge in [0, 0.05) is 31.3 Å². The lowest BCUT2D eigenvalue weighted by Crippen LogP contribution is -2.08. The third-order valence-corrected chi connectivity index (χ3v) is 3.25. The van der Waals surface area contributed by atoms with Gasteiger partial charge in [0.2, 0.25) is 0 Å². The molecule has 0 fully saturated rings. The summed E-state index contributed by atoms with van der Waals surface area (Å²) < 4.78 is 5.35. The molecule has 0 saturated heterocycles. The molecule has 2 aromatic rings. The Labute approximate surface area is 129 Å². The number of hydrogen-bond donors (Lipinski definition) is 2. The quantitative estimate of drug-likeness (QED) is 0.822. The first kappa shape index (κ1) is 15.5. The summed E-state index contributed by atoms with van der Waals surface area (Å²) in [5.74, 6) is 2.13. The van der Waals surface area contributed by atoms with Crippen molar-refractivity contribution in [2.24, 2.45) is 0 Å². The molecule has 0 radical (unpaired) electrons. The van der Waals surface area contributed by atoms with E-state index < -0.39 is 0 Å². The number of nitrogens with zero attached hydrogens (tertiary/aromatic N) is 2. The second-order valence-electron chi connectivity index (χ2n) is 4.39. The molecule has 5 nitrogen and oxygen atoms in total. The van der Waals surface area contributed by atoms with Gasteiger partial charge in [-0.3, -0.25) is 0 Å². The number of ether oxygens (including phenoxy) is 1. The molecule has 0 unspecified atom stereocenters. The van der Waals surface area contributed by atoms with Crippen LogP contribution in [0.15, 0.2) is 30.3 Å². The Morgan fingerprint density at radius 1 is 1.19 bits per heavy atom. The van der Waals surface area contributed by atoms with Gasteiger partial charge in [0.25, 0.3) is 0 Å². The molecule has 0 aliphatic heterocycles. The lowest BCUT2D eigenvalue weighted by atomic mass is 10.2. The van der Waals surface area contributed by atoms with Crippen molar-refractivity contribution in [1.29, 1.82) is 0 Å². The highest BCUT2D eigenvalue weighted by atomic mass is 35.5. The van der Waals surface area contributed by atoms with Gasteiger partial charge in [-0.25, -0.2) is 9.97 Å². The Hall–Kier alpha value is -1.85. The summed E-state index contributed by atoms with van der Waals surface area (Å²) in [6.45, 7) is 3.58. The van der Waals surface area contributed by atoms with E-state index >= 15 is 0 Å². The molecule has 2 N–H and O–H groups in total. The van der Waals surface area contributed by atoms with Gasteiger partial charge in [-0.15, -0.1) is 0 Å². The zero-order chi connectivity index (χ0) is 15.1. The van der Waals surface area contributed by atoms with Gasteiger partial charge >= 0.3 is 0 Å². The summed E-state index contributed by atoms with van der Waals surface area (Å²) in [4.78, 5) is 8.78. The molecule has 0 atom stereocenters. The van der Waals surface area contributed by atoms with Crippen LogP contribution in [0.4, 0.5) is 11.6 Å². The molecule has 1 heterocycles. The summed E-state index contributed by atoms with van der Waals surface area (Å²) in [6.07, 6.45) is 0. The summed E-state index contributed by atoms with van der Waals surface area (Å²) in [5, 5.41) is 7.02. The molecule has 0 aliphatic carbocycles. The number of halogens is 1. The molecular weight excluding hydrogens is 288 g/mol. The zero-order valence-electron chi connectivity index (χ0n) is 12.2. The highest BCUT2D eigenvalue weighted by Crippen LogP contribution is 2.17. The van der Waals surface area contributed by atoms with Crippen molar-refractivity contribution < 1.29 is 4.74 Å².